The minimum Gasteiger partial charge on any atom is -0.493 e. The average Bonchev–Trinajstić information content (AvgIpc) is 3.16. The highest BCUT2D eigenvalue weighted by molar-refractivity contribution is 6.14. The van der Waals surface area contributed by atoms with Gasteiger partial charge in [-0.05, 0) is 43.9 Å². The molecule has 2 aliphatic carbocycles. The molecule has 0 atom stereocenters. The largest absolute Gasteiger partial charge is 0.493 e. The van der Waals surface area contributed by atoms with Crippen LogP contribution < -0.4 is 10.6 Å². The number of rotatable bonds is 8. The molecule has 0 heterocycles. The average molecular weight is 363 g/mol. The van der Waals surface area contributed by atoms with Crippen LogP contribution in [-0.2, 0) is 9.53 Å². The van der Waals surface area contributed by atoms with Crippen LogP contribution in [0.1, 0.15) is 32.6 Å². The van der Waals surface area contributed by atoms with Crippen molar-refractivity contribution in [1.82, 2.24) is 10.6 Å². The summed E-state index contributed by atoms with van der Waals surface area (Å²) in [7, 11) is 1.59. The maximum absolute atomic E-state index is 12.6. The molecule has 0 spiro atoms. The van der Waals surface area contributed by atoms with Gasteiger partial charge in [-0.15, -0.1) is 0 Å². The Bertz CT molecular complexity index is 627. The van der Waals surface area contributed by atoms with Crippen LogP contribution in [0, 0.1) is 11.3 Å². The smallest absolute Gasteiger partial charge is 0.268 e. The van der Waals surface area contributed by atoms with Gasteiger partial charge in [0.2, 0.25) is 0 Å². The molecule has 7 heteroatoms. The van der Waals surface area contributed by atoms with Crippen molar-refractivity contribution in [1.29, 1.82) is 5.41 Å². The zero-order chi connectivity index (χ0) is 19.2. The molecule has 2 rings (SSSR count). The topological polar surface area (TPSA) is 115 Å². The predicted molar refractivity (Wildman–Crippen MR) is 99.7 cm³/mol. The van der Waals surface area contributed by atoms with Gasteiger partial charge in [-0.2, -0.15) is 0 Å². The van der Waals surface area contributed by atoms with Crippen LogP contribution in [-0.4, -0.2) is 54.2 Å². The fourth-order valence-corrected chi connectivity index (χ4v) is 3.05. The molecule has 0 aromatic carbocycles. The summed E-state index contributed by atoms with van der Waals surface area (Å²) in [5.41, 5.74) is -0.355. The fourth-order valence-electron chi connectivity index (χ4n) is 3.05. The van der Waals surface area contributed by atoms with Gasteiger partial charge in [-0.25, -0.2) is 0 Å². The highest BCUT2D eigenvalue weighted by Gasteiger charge is 2.28. The third-order valence-electron chi connectivity index (χ3n) is 4.81. The van der Waals surface area contributed by atoms with Crippen molar-refractivity contribution in [3.63, 3.8) is 0 Å². The Morgan fingerprint density at radius 3 is 2.54 bits per heavy atom. The maximum Gasteiger partial charge on any atom is 0.268 e. The van der Waals surface area contributed by atoms with Gasteiger partial charge >= 0.3 is 0 Å². The van der Waals surface area contributed by atoms with E-state index in [2.05, 4.69) is 10.6 Å². The van der Waals surface area contributed by atoms with Crippen molar-refractivity contribution in [2.45, 2.75) is 38.1 Å². The van der Waals surface area contributed by atoms with Crippen LogP contribution in [0.25, 0.3) is 0 Å². The van der Waals surface area contributed by atoms with Crippen molar-refractivity contribution in [3.8, 4) is 0 Å². The standard InChI is InChI=1S/C19H29N3O4/c1-19(11-23,12-24)22-18(25)17(21-2)15-9-14(7-8-16(15)20)26-10-13-5-3-4-6-13/h7-9,13,20-21,23-24H,3-6,10-12H2,1-2H3,(H,22,25)/b17-15-,20-16?. The molecule has 5 N–H and O–H groups in total. The molecule has 1 amide bonds. The van der Waals surface area contributed by atoms with Gasteiger partial charge in [0.05, 0.1) is 31.1 Å². The van der Waals surface area contributed by atoms with E-state index in [-0.39, 0.29) is 11.4 Å². The first-order valence-corrected chi connectivity index (χ1v) is 9.00. The quantitative estimate of drug-likeness (QED) is 0.413. The summed E-state index contributed by atoms with van der Waals surface area (Å²) in [4.78, 5) is 12.6. The van der Waals surface area contributed by atoms with E-state index >= 15 is 0 Å². The van der Waals surface area contributed by atoms with Gasteiger partial charge in [-0.3, -0.25) is 4.79 Å². The molecule has 0 aliphatic heterocycles. The van der Waals surface area contributed by atoms with E-state index in [1.54, 1.807) is 32.2 Å². The Labute approximate surface area is 154 Å². The minimum absolute atomic E-state index is 0.187. The summed E-state index contributed by atoms with van der Waals surface area (Å²) in [6, 6.07) is 0. The molecule has 144 valence electrons. The van der Waals surface area contributed by atoms with Gasteiger partial charge in [0.1, 0.15) is 11.5 Å². The Balaban J connectivity index is 2.17. The molecule has 0 aromatic heterocycles. The first kappa shape index (κ1) is 20.2. The summed E-state index contributed by atoms with van der Waals surface area (Å²) < 4.78 is 5.87. The monoisotopic (exact) mass is 363 g/mol. The molecule has 0 saturated heterocycles. The van der Waals surface area contributed by atoms with Crippen molar-refractivity contribution in [2.75, 3.05) is 26.9 Å². The Morgan fingerprint density at radius 1 is 1.31 bits per heavy atom. The molecule has 1 fully saturated rings. The van der Waals surface area contributed by atoms with E-state index in [0.29, 0.717) is 23.9 Å². The molecule has 0 unspecified atom stereocenters. The van der Waals surface area contributed by atoms with Crippen molar-refractivity contribution in [3.05, 3.63) is 35.3 Å². The van der Waals surface area contributed by atoms with Gasteiger partial charge < -0.3 is 31.0 Å². The SMILES string of the molecule is CN/C(C(=O)NC(C)(CO)CO)=C1/C=C(OCC2CCCC2)C=CC1=N. The molecule has 2 aliphatic rings. The number of aliphatic hydroxyl groups excluding tert-OH is 2. The van der Waals surface area contributed by atoms with Crippen LogP contribution >= 0.6 is 0 Å². The molecule has 7 nitrogen and oxygen atoms in total. The van der Waals surface area contributed by atoms with Crippen LogP contribution in [0.15, 0.2) is 35.3 Å². The second-order valence-corrected chi connectivity index (χ2v) is 7.12. The summed E-state index contributed by atoms with van der Waals surface area (Å²) >= 11 is 0. The van der Waals surface area contributed by atoms with E-state index in [4.69, 9.17) is 10.1 Å². The second-order valence-electron chi connectivity index (χ2n) is 7.12. The van der Waals surface area contributed by atoms with Crippen LogP contribution in [0.5, 0.6) is 0 Å². The summed E-state index contributed by atoms with van der Waals surface area (Å²) in [5.74, 6) is 0.690. The lowest BCUT2D eigenvalue weighted by atomic mass is 10.00. The number of carbonyl (C=O) groups is 1. The van der Waals surface area contributed by atoms with E-state index in [0.717, 1.165) is 0 Å². The number of amides is 1. The normalized spacial score (nSPS) is 20.0. The van der Waals surface area contributed by atoms with E-state index < -0.39 is 24.7 Å². The Kier molecular flexibility index (Phi) is 6.99. The number of nitrogens with one attached hydrogen (secondary N) is 3. The fraction of sp³-hybridized carbons (Fsp3) is 0.579. The number of allylic oxidation sites excluding steroid dienone is 4. The molecule has 0 aromatic rings. The molecule has 26 heavy (non-hydrogen) atoms. The van der Waals surface area contributed by atoms with Crippen LogP contribution in [0.4, 0.5) is 0 Å². The Hall–Kier alpha value is -2.12. The lowest BCUT2D eigenvalue weighted by Crippen LogP contribution is -2.53. The van der Waals surface area contributed by atoms with Crippen LogP contribution in [0.3, 0.4) is 0 Å². The van der Waals surface area contributed by atoms with Crippen molar-refractivity contribution < 1.29 is 19.7 Å². The predicted octanol–water partition coefficient (Wildman–Crippen LogP) is 1.000. The van der Waals surface area contributed by atoms with Crippen molar-refractivity contribution >= 4 is 11.6 Å². The lowest BCUT2D eigenvalue weighted by Gasteiger charge is -2.27. The van der Waals surface area contributed by atoms with Gasteiger partial charge in [-0.1, -0.05) is 12.8 Å². The number of likely N-dealkylation sites (N-methyl/N-ethyl adjacent to an activating group) is 1. The highest BCUT2D eigenvalue weighted by atomic mass is 16.5. The summed E-state index contributed by atoms with van der Waals surface area (Å²) in [6.07, 6.45) is 9.87. The van der Waals surface area contributed by atoms with E-state index in [1.807, 2.05) is 0 Å². The molecule has 1 saturated carbocycles. The van der Waals surface area contributed by atoms with Gasteiger partial charge in [0, 0.05) is 12.6 Å². The number of aliphatic hydroxyl groups is 2. The summed E-state index contributed by atoms with van der Waals surface area (Å²) in [5, 5.41) is 32.3. The first-order chi connectivity index (χ1) is 12.4. The van der Waals surface area contributed by atoms with Gasteiger partial charge in [0.15, 0.2) is 0 Å². The number of carbonyl (C=O) groups excluding carboxylic acids is 1. The zero-order valence-electron chi connectivity index (χ0n) is 15.5. The van der Waals surface area contributed by atoms with E-state index in [1.165, 1.54) is 25.7 Å². The second kappa shape index (κ2) is 9.00. The third kappa shape index (κ3) is 4.95. The molecule has 0 bridgehead atoms. The highest BCUT2D eigenvalue weighted by Crippen LogP contribution is 2.26. The van der Waals surface area contributed by atoms with Crippen molar-refractivity contribution in [2.24, 2.45) is 5.92 Å². The number of hydrogen-bond donors (Lipinski definition) is 5. The maximum atomic E-state index is 12.6. The number of hydrogen-bond acceptors (Lipinski definition) is 6. The Morgan fingerprint density at radius 2 is 1.96 bits per heavy atom. The number of ether oxygens (including phenoxy) is 1. The first-order valence-electron chi connectivity index (χ1n) is 9.00. The van der Waals surface area contributed by atoms with E-state index in [9.17, 15) is 15.0 Å². The third-order valence-corrected chi connectivity index (χ3v) is 4.81. The summed E-state index contributed by atoms with van der Waals surface area (Å²) in [6.45, 7) is 1.39. The van der Waals surface area contributed by atoms with Crippen LogP contribution in [0.2, 0.25) is 0 Å². The zero-order valence-corrected chi connectivity index (χ0v) is 15.5. The lowest BCUT2D eigenvalue weighted by molar-refractivity contribution is -0.120. The molecular formula is C19H29N3O4. The van der Waals surface area contributed by atoms with Gasteiger partial charge in [0.25, 0.3) is 5.91 Å². The minimum atomic E-state index is -1.14. The molecule has 0 radical (unpaired) electrons. The molecular weight excluding hydrogens is 334 g/mol.